The number of rotatable bonds is 5. The molecule has 0 radical (unpaired) electrons. The van der Waals surface area contributed by atoms with Gasteiger partial charge in [0, 0.05) is 12.6 Å². The molecule has 6 heteroatoms. The minimum atomic E-state index is -4.34. The molecule has 1 aliphatic carbocycles. The Bertz CT molecular complexity index is 482. The van der Waals surface area contributed by atoms with Crippen LogP contribution in [0.25, 0.3) is 0 Å². The lowest BCUT2D eigenvalue weighted by molar-refractivity contribution is -0.137. The Morgan fingerprint density at radius 2 is 1.95 bits per heavy atom. The van der Waals surface area contributed by atoms with Crippen molar-refractivity contribution in [3.63, 3.8) is 0 Å². The van der Waals surface area contributed by atoms with Crippen molar-refractivity contribution in [1.82, 2.24) is 10.6 Å². The zero-order valence-electron chi connectivity index (χ0n) is 11.7. The van der Waals surface area contributed by atoms with E-state index >= 15 is 0 Å². The molecular weight excluding hydrogens is 281 g/mol. The number of halogens is 3. The molecule has 2 N–H and O–H groups in total. The third-order valence-electron chi connectivity index (χ3n) is 3.59. The summed E-state index contributed by atoms with van der Waals surface area (Å²) in [6.45, 7) is 0.356. The van der Waals surface area contributed by atoms with Gasteiger partial charge in [-0.05, 0) is 24.5 Å². The predicted octanol–water partition coefficient (Wildman–Crippen LogP) is 2.85. The van der Waals surface area contributed by atoms with Crippen molar-refractivity contribution < 1.29 is 18.0 Å². The zero-order chi connectivity index (χ0) is 15.3. The van der Waals surface area contributed by atoms with Crippen LogP contribution in [0.5, 0.6) is 0 Å². The Morgan fingerprint density at radius 1 is 1.24 bits per heavy atom. The Morgan fingerprint density at radius 3 is 2.62 bits per heavy atom. The monoisotopic (exact) mass is 300 g/mol. The van der Waals surface area contributed by atoms with E-state index in [0.717, 1.165) is 37.8 Å². The lowest BCUT2D eigenvalue weighted by Gasteiger charge is -2.13. The van der Waals surface area contributed by atoms with Gasteiger partial charge in [-0.3, -0.25) is 4.79 Å². The van der Waals surface area contributed by atoms with Crippen LogP contribution in [0.3, 0.4) is 0 Å². The Balaban J connectivity index is 1.76. The van der Waals surface area contributed by atoms with E-state index in [1.807, 2.05) is 0 Å². The normalized spacial score (nSPS) is 16.1. The second-order valence-electron chi connectivity index (χ2n) is 5.35. The molecule has 0 bridgehead atoms. The van der Waals surface area contributed by atoms with Crippen molar-refractivity contribution in [1.29, 1.82) is 0 Å². The van der Waals surface area contributed by atoms with Gasteiger partial charge in [-0.1, -0.05) is 31.0 Å². The van der Waals surface area contributed by atoms with Crippen LogP contribution in [0, 0.1) is 0 Å². The summed E-state index contributed by atoms with van der Waals surface area (Å²) in [7, 11) is 0. The average Bonchev–Trinajstić information content (AvgIpc) is 2.91. The molecule has 2 rings (SSSR count). The molecule has 1 saturated carbocycles. The van der Waals surface area contributed by atoms with Gasteiger partial charge in [0.2, 0.25) is 5.91 Å². The van der Waals surface area contributed by atoms with E-state index in [1.54, 1.807) is 6.07 Å². The highest BCUT2D eigenvalue weighted by Crippen LogP contribution is 2.29. The largest absolute Gasteiger partial charge is 0.416 e. The number of carbonyl (C=O) groups excluding carboxylic acids is 1. The number of nitrogens with one attached hydrogen (secondary N) is 2. The molecule has 0 aromatic heterocycles. The van der Waals surface area contributed by atoms with Crippen molar-refractivity contribution in [2.24, 2.45) is 0 Å². The van der Waals surface area contributed by atoms with Crippen LogP contribution in [0.2, 0.25) is 0 Å². The van der Waals surface area contributed by atoms with Gasteiger partial charge in [0.25, 0.3) is 0 Å². The third kappa shape index (κ3) is 5.04. The summed E-state index contributed by atoms with van der Waals surface area (Å²) in [6, 6.07) is 5.38. The van der Waals surface area contributed by atoms with Gasteiger partial charge in [0.05, 0.1) is 12.1 Å². The molecule has 0 saturated heterocycles. The van der Waals surface area contributed by atoms with Crippen LogP contribution in [0.1, 0.15) is 36.8 Å². The lowest BCUT2D eigenvalue weighted by Crippen LogP contribution is -2.38. The fraction of sp³-hybridized carbons (Fsp3) is 0.533. The van der Waals surface area contributed by atoms with Gasteiger partial charge >= 0.3 is 6.18 Å². The molecule has 3 nitrogen and oxygen atoms in total. The number of alkyl halides is 3. The van der Waals surface area contributed by atoms with Gasteiger partial charge < -0.3 is 10.6 Å². The van der Waals surface area contributed by atoms with E-state index in [4.69, 9.17) is 0 Å². The first kappa shape index (κ1) is 15.8. The quantitative estimate of drug-likeness (QED) is 0.878. The van der Waals surface area contributed by atoms with Gasteiger partial charge in [0.15, 0.2) is 0 Å². The summed E-state index contributed by atoms with van der Waals surface area (Å²) < 4.78 is 37.7. The fourth-order valence-electron chi connectivity index (χ4n) is 2.53. The molecule has 1 fully saturated rings. The summed E-state index contributed by atoms with van der Waals surface area (Å²) in [5, 5.41) is 5.79. The minimum Gasteiger partial charge on any atom is -0.352 e. The molecule has 1 aromatic rings. The predicted molar refractivity (Wildman–Crippen MR) is 73.5 cm³/mol. The van der Waals surface area contributed by atoms with E-state index in [0.29, 0.717) is 5.56 Å². The number of benzene rings is 1. The number of hydrogen-bond donors (Lipinski definition) is 2. The summed E-state index contributed by atoms with van der Waals surface area (Å²) in [5.41, 5.74) is -0.157. The van der Waals surface area contributed by atoms with Gasteiger partial charge in [-0.15, -0.1) is 0 Å². The molecule has 0 spiro atoms. The van der Waals surface area contributed by atoms with Crippen LogP contribution >= 0.6 is 0 Å². The van der Waals surface area contributed by atoms with E-state index in [2.05, 4.69) is 10.6 Å². The molecule has 116 valence electrons. The molecule has 0 aliphatic heterocycles. The lowest BCUT2D eigenvalue weighted by atomic mass is 10.1. The van der Waals surface area contributed by atoms with Gasteiger partial charge in [-0.2, -0.15) is 13.2 Å². The van der Waals surface area contributed by atoms with E-state index in [1.165, 1.54) is 6.07 Å². The third-order valence-corrected chi connectivity index (χ3v) is 3.59. The van der Waals surface area contributed by atoms with Crippen molar-refractivity contribution in [2.75, 3.05) is 6.54 Å². The maximum atomic E-state index is 12.6. The number of hydrogen-bond acceptors (Lipinski definition) is 2. The van der Waals surface area contributed by atoms with Gasteiger partial charge in [0.1, 0.15) is 0 Å². The van der Waals surface area contributed by atoms with Crippen LogP contribution in [0.15, 0.2) is 24.3 Å². The zero-order valence-corrected chi connectivity index (χ0v) is 11.7. The number of amides is 1. The maximum absolute atomic E-state index is 12.6. The topological polar surface area (TPSA) is 41.1 Å². The molecule has 1 aromatic carbocycles. The first-order chi connectivity index (χ1) is 9.95. The van der Waals surface area contributed by atoms with E-state index in [-0.39, 0.29) is 25.0 Å². The van der Waals surface area contributed by atoms with Crippen molar-refractivity contribution >= 4 is 5.91 Å². The first-order valence-electron chi connectivity index (χ1n) is 7.11. The number of carbonyl (C=O) groups is 1. The summed E-state index contributed by atoms with van der Waals surface area (Å²) in [4.78, 5) is 11.7. The standard InChI is InChI=1S/C15H19F3N2O/c16-15(17,18)12-5-3-4-11(8-12)9-19-10-14(21)20-13-6-1-2-7-13/h3-5,8,13,19H,1-2,6-7,9-10H2,(H,20,21). The molecule has 1 amide bonds. The molecular formula is C15H19F3N2O. The molecule has 0 heterocycles. The molecule has 0 atom stereocenters. The van der Waals surface area contributed by atoms with Crippen LogP contribution in [-0.4, -0.2) is 18.5 Å². The molecule has 21 heavy (non-hydrogen) atoms. The van der Waals surface area contributed by atoms with Crippen LogP contribution in [0.4, 0.5) is 13.2 Å². The molecule has 0 unspecified atom stereocenters. The van der Waals surface area contributed by atoms with Crippen molar-refractivity contribution in [2.45, 2.75) is 44.4 Å². The smallest absolute Gasteiger partial charge is 0.352 e. The highest BCUT2D eigenvalue weighted by molar-refractivity contribution is 5.78. The average molecular weight is 300 g/mol. The van der Waals surface area contributed by atoms with Crippen LogP contribution < -0.4 is 10.6 Å². The summed E-state index contributed by atoms with van der Waals surface area (Å²) in [5.74, 6) is -0.103. The van der Waals surface area contributed by atoms with Crippen molar-refractivity contribution in [3.05, 3.63) is 35.4 Å². The highest BCUT2D eigenvalue weighted by Gasteiger charge is 2.30. The highest BCUT2D eigenvalue weighted by atomic mass is 19.4. The summed E-state index contributed by atoms with van der Waals surface area (Å²) >= 11 is 0. The van der Waals surface area contributed by atoms with E-state index < -0.39 is 11.7 Å². The summed E-state index contributed by atoms with van der Waals surface area (Å²) in [6.07, 6.45) is -0.0280. The Labute approximate surface area is 121 Å². The van der Waals surface area contributed by atoms with Crippen molar-refractivity contribution in [3.8, 4) is 0 Å². The second-order valence-corrected chi connectivity index (χ2v) is 5.35. The van der Waals surface area contributed by atoms with Gasteiger partial charge in [-0.25, -0.2) is 0 Å². The van der Waals surface area contributed by atoms with Crippen LogP contribution in [-0.2, 0) is 17.5 Å². The maximum Gasteiger partial charge on any atom is 0.416 e. The van der Waals surface area contributed by atoms with E-state index in [9.17, 15) is 18.0 Å². The molecule has 1 aliphatic rings. The first-order valence-corrected chi connectivity index (χ1v) is 7.11. The Hall–Kier alpha value is -1.56. The Kier molecular flexibility index (Phi) is 5.22. The SMILES string of the molecule is O=C(CNCc1cccc(C(F)(F)F)c1)NC1CCCC1. The fourth-order valence-corrected chi connectivity index (χ4v) is 2.53. The minimum absolute atomic E-state index is 0.103. The second kappa shape index (κ2) is 6.93.